The van der Waals surface area contributed by atoms with Gasteiger partial charge in [0.05, 0.1) is 5.69 Å². The number of rotatable bonds is 3. The molecule has 0 radical (unpaired) electrons. The van der Waals surface area contributed by atoms with Crippen LogP contribution in [-0.2, 0) is 0 Å². The summed E-state index contributed by atoms with van der Waals surface area (Å²) in [5.74, 6) is 0.806. The van der Waals surface area contributed by atoms with Crippen molar-refractivity contribution in [3.8, 4) is 0 Å². The highest BCUT2D eigenvalue weighted by Gasteiger charge is 2.27. The van der Waals surface area contributed by atoms with Crippen molar-refractivity contribution in [3.05, 3.63) is 18.0 Å². The molecule has 1 heterocycles. The number of nitrogens with two attached hydrogens (primary N) is 1. The average molecular weight is 277 g/mol. The minimum Gasteiger partial charge on any atom is -0.397 e. The molecular weight excluding hydrogens is 250 g/mol. The highest BCUT2D eigenvalue weighted by atomic mass is 16.2. The molecule has 2 unspecified atom stereocenters. The number of hydrogen-bond acceptors (Lipinski definition) is 2. The molecule has 2 atom stereocenters. The van der Waals surface area contributed by atoms with E-state index < -0.39 is 0 Å². The van der Waals surface area contributed by atoms with Crippen LogP contribution >= 0.6 is 0 Å². The minimum atomic E-state index is 0.0921. The van der Waals surface area contributed by atoms with Gasteiger partial charge in [-0.2, -0.15) is 0 Å². The topological polar surface area (TPSA) is 51.3 Å². The Bertz CT molecular complexity index is 478. The molecule has 1 saturated carbocycles. The van der Waals surface area contributed by atoms with E-state index in [-0.39, 0.29) is 11.9 Å². The fraction of sp³-hybridized carbons (Fsp3) is 0.688. The Balaban J connectivity index is 2.18. The van der Waals surface area contributed by atoms with Gasteiger partial charge in [0.15, 0.2) is 0 Å². The molecule has 1 aliphatic rings. The molecule has 1 aromatic rings. The van der Waals surface area contributed by atoms with Crippen LogP contribution in [0.15, 0.2) is 12.3 Å². The predicted molar refractivity (Wildman–Crippen MR) is 82.7 cm³/mol. The number of nitrogen functional groups attached to an aromatic ring is 1. The monoisotopic (exact) mass is 277 g/mol. The van der Waals surface area contributed by atoms with Crippen LogP contribution in [0.2, 0.25) is 0 Å². The molecule has 0 aliphatic heterocycles. The summed E-state index contributed by atoms with van der Waals surface area (Å²) in [4.78, 5) is 14.7. The van der Waals surface area contributed by atoms with Gasteiger partial charge in [0.25, 0.3) is 5.91 Å². The highest BCUT2D eigenvalue weighted by Crippen LogP contribution is 2.28. The number of hydrogen-bond donors (Lipinski definition) is 1. The summed E-state index contributed by atoms with van der Waals surface area (Å²) in [5, 5.41) is 0. The van der Waals surface area contributed by atoms with Crippen molar-refractivity contribution in [2.75, 3.05) is 12.8 Å². The summed E-state index contributed by atoms with van der Waals surface area (Å²) < 4.78 is 1.97. The van der Waals surface area contributed by atoms with E-state index in [1.54, 1.807) is 6.07 Å². The number of carbonyl (C=O) groups is 1. The maximum atomic E-state index is 12.7. The molecule has 1 aromatic heterocycles. The summed E-state index contributed by atoms with van der Waals surface area (Å²) in [7, 11) is 1.93. The van der Waals surface area contributed by atoms with Gasteiger partial charge in [0, 0.05) is 25.3 Å². The average Bonchev–Trinajstić information content (AvgIpc) is 2.79. The number of aromatic nitrogens is 1. The third-order valence-electron chi connectivity index (χ3n) is 4.42. The van der Waals surface area contributed by atoms with Crippen LogP contribution in [0.4, 0.5) is 5.69 Å². The second-order valence-corrected chi connectivity index (χ2v) is 6.50. The van der Waals surface area contributed by atoms with Gasteiger partial charge >= 0.3 is 0 Å². The fourth-order valence-corrected chi connectivity index (χ4v) is 3.20. The first-order valence-electron chi connectivity index (χ1n) is 7.64. The Hall–Kier alpha value is -1.45. The molecule has 0 bridgehead atoms. The predicted octanol–water partition coefficient (Wildman–Crippen LogP) is 3.30. The molecule has 0 spiro atoms. The molecule has 4 heteroatoms. The smallest absolute Gasteiger partial charge is 0.270 e. The van der Waals surface area contributed by atoms with Crippen LogP contribution in [0.1, 0.15) is 63.0 Å². The zero-order chi connectivity index (χ0) is 14.9. The Morgan fingerprint density at radius 2 is 2.15 bits per heavy atom. The molecule has 2 rings (SSSR count). The summed E-state index contributed by atoms with van der Waals surface area (Å²) >= 11 is 0. The quantitative estimate of drug-likeness (QED) is 0.921. The van der Waals surface area contributed by atoms with Gasteiger partial charge in [-0.1, -0.05) is 19.8 Å². The maximum absolute atomic E-state index is 12.7. The first-order valence-corrected chi connectivity index (χ1v) is 7.64. The Kier molecular flexibility index (Phi) is 4.41. The van der Waals surface area contributed by atoms with Crippen molar-refractivity contribution >= 4 is 11.6 Å². The first kappa shape index (κ1) is 14.9. The molecule has 0 aromatic carbocycles. The van der Waals surface area contributed by atoms with Gasteiger partial charge in [0.1, 0.15) is 5.69 Å². The molecule has 4 nitrogen and oxygen atoms in total. The first-order chi connectivity index (χ1) is 9.40. The number of anilines is 1. The Morgan fingerprint density at radius 1 is 1.45 bits per heavy atom. The van der Waals surface area contributed by atoms with Crippen LogP contribution in [0.25, 0.3) is 0 Å². The molecule has 0 saturated heterocycles. The molecule has 1 fully saturated rings. The lowest BCUT2D eigenvalue weighted by Gasteiger charge is -2.34. The highest BCUT2D eigenvalue weighted by molar-refractivity contribution is 5.94. The second-order valence-electron chi connectivity index (χ2n) is 6.50. The Labute approximate surface area is 121 Å². The second kappa shape index (κ2) is 5.90. The van der Waals surface area contributed by atoms with Crippen molar-refractivity contribution in [1.82, 2.24) is 9.47 Å². The fourth-order valence-electron chi connectivity index (χ4n) is 3.20. The standard InChI is InChI=1S/C16H27N3O/c1-11(2)19-10-13(17)9-15(19)16(20)18(4)14-7-5-6-12(3)8-14/h9-12,14H,5-8,17H2,1-4H3. The Morgan fingerprint density at radius 3 is 2.75 bits per heavy atom. The van der Waals surface area contributed by atoms with E-state index in [9.17, 15) is 4.79 Å². The van der Waals surface area contributed by atoms with E-state index in [0.717, 1.165) is 12.8 Å². The van der Waals surface area contributed by atoms with Crippen molar-refractivity contribution in [1.29, 1.82) is 0 Å². The summed E-state index contributed by atoms with van der Waals surface area (Å²) in [6.07, 6.45) is 6.59. The van der Waals surface area contributed by atoms with E-state index in [1.807, 2.05) is 22.7 Å². The van der Waals surface area contributed by atoms with Gasteiger partial charge in [0.2, 0.25) is 0 Å². The van der Waals surface area contributed by atoms with Gasteiger partial charge in [-0.25, -0.2) is 0 Å². The molecule has 1 amide bonds. The molecule has 20 heavy (non-hydrogen) atoms. The minimum absolute atomic E-state index is 0.0921. The largest absolute Gasteiger partial charge is 0.397 e. The third-order valence-corrected chi connectivity index (χ3v) is 4.42. The number of amides is 1. The van der Waals surface area contributed by atoms with Crippen molar-refractivity contribution in [3.63, 3.8) is 0 Å². The summed E-state index contributed by atoms with van der Waals surface area (Å²) in [5.41, 5.74) is 7.23. The van der Waals surface area contributed by atoms with Crippen molar-refractivity contribution in [2.45, 2.75) is 58.5 Å². The van der Waals surface area contributed by atoms with Crippen molar-refractivity contribution in [2.24, 2.45) is 5.92 Å². The summed E-state index contributed by atoms with van der Waals surface area (Å²) in [6, 6.07) is 2.40. The molecule has 1 aliphatic carbocycles. The van der Waals surface area contributed by atoms with Crippen LogP contribution in [0.5, 0.6) is 0 Å². The van der Waals surface area contributed by atoms with E-state index in [2.05, 4.69) is 20.8 Å². The molecular formula is C16H27N3O. The van der Waals surface area contributed by atoms with Gasteiger partial charge < -0.3 is 15.2 Å². The van der Waals surface area contributed by atoms with E-state index in [4.69, 9.17) is 5.73 Å². The van der Waals surface area contributed by atoms with Gasteiger partial charge in [-0.15, -0.1) is 0 Å². The lowest BCUT2D eigenvalue weighted by Crippen LogP contribution is -2.40. The third kappa shape index (κ3) is 3.00. The van der Waals surface area contributed by atoms with Gasteiger partial charge in [-0.3, -0.25) is 4.79 Å². The lowest BCUT2D eigenvalue weighted by molar-refractivity contribution is 0.0660. The van der Waals surface area contributed by atoms with Gasteiger partial charge in [-0.05, 0) is 38.7 Å². The van der Waals surface area contributed by atoms with Crippen LogP contribution < -0.4 is 5.73 Å². The van der Waals surface area contributed by atoms with E-state index in [1.165, 1.54) is 12.8 Å². The van der Waals surface area contributed by atoms with E-state index in [0.29, 0.717) is 23.3 Å². The molecule has 112 valence electrons. The van der Waals surface area contributed by atoms with Crippen LogP contribution in [0, 0.1) is 5.92 Å². The SMILES string of the molecule is CC1CCCC(N(C)C(=O)c2cc(N)cn2C(C)C)C1. The van der Waals surface area contributed by atoms with E-state index >= 15 is 0 Å². The zero-order valence-electron chi connectivity index (χ0n) is 13.1. The number of nitrogens with zero attached hydrogens (tertiary/aromatic N) is 2. The van der Waals surface area contributed by atoms with Crippen molar-refractivity contribution < 1.29 is 4.79 Å². The summed E-state index contributed by atoms with van der Waals surface area (Å²) in [6.45, 7) is 6.41. The maximum Gasteiger partial charge on any atom is 0.270 e. The zero-order valence-corrected chi connectivity index (χ0v) is 13.1. The normalized spacial score (nSPS) is 23.1. The lowest BCUT2D eigenvalue weighted by atomic mass is 9.86. The number of carbonyl (C=O) groups excluding carboxylic acids is 1. The molecule has 2 N–H and O–H groups in total. The van der Waals surface area contributed by atoms with Crippen LogP contribution in [-0.4, -0.2) is 28.5 Å². The van der Waals surface area contributed by atoms with Crippen LogP contribution in [0.3, 0.4) is 0 Å².